The molecule has 2 rings (SSSR count). The van der Waals surface area contributed by atoms with Gasteiger partial charge in [0.2, 0.25) is 0 Å². The van der Waals surface area contributed by atoms with Gasteiger partial charge in [-0.1, -0.05) is 0 Å². The molecule has 0 heterocycles. The van der Waals surface area contributed by atoms with Crippen molar-refractivity contribution in [1.29, 1.82) is 0 Å². The summed E-state index contributed by atoms with van der Waals surface area (Å²) in [7, 11) is 0. The minimum absolute atomic E-state index is 0.102. The van der Waals surface area contributed by atoms with Crippen LogP contribution in [0.1, 0.15) is 175 Å². The van der Waals surface area contributed by atoms with E-state index in [-0.39, 0.29) is 12.1 Å². The first-order valence-electron chi connectivity index (χ1n) is 14.8. The fourth-order valence-corrected chi connectivity index (χ4v) is 6.03. The second-order valence-electron chi connectivity index (χ2n) is 13.2. The summed E-state index contributed by atoms with van der Waals surface area (Å²) in [6, 6.07) is 9.36. The van der Waals surface area contributed by atoms with E-state index in [1.807, 2.05) is 0 Å². The molecular weight excluding hydrogens is 505 g/mol. The molecule has 4 heteroatoms. The standard InChI is InChI=1S/C34H56N3.Mn/c1-19(2)25-13-27(21(5)6)33(28(14-25)22(7)8)31(35)17-37-18-32(36)34-29(23(9)10)15-26(20(3)4)16-30(34)24(11)12;/h13-16,19-24,31-32H,17-18,35-36H2,1-12H3;/q-1;+1. The van der Waals surface area contributed by atoms with Crippen LogP contribution in [-0.4, -0.2) is 17.0 Å². The van der Waals surface area contributed by atoms with Gasteiger partial charge in [0.1, 0.15) is 0 Å². The van der Waals surface area contributed by atoms with E-state index in [2.05, 4.69) is 127 Å². The van der Waals surface area contributed by atoms with E-state index in [1.165, 1.54) is 44.5 Å². The second-order valence-corrected chi connectivity index (χ2v) is 13.9. The van der Waals surface area contributed by atoms with E-state index in [0.29, 0.717) is 48.6 Å². The molecule has 0 aliphatic carbocycles. The summed E-state index contributed by atoms with van der Waals surface area (Å²) in [6.45, 7) is 28.7. The van der Waals surface area contributed by atoms with Crippen LogP contribution in [0.5, 0.6) is 0 Å². The Hall–Kier alpha value is -1.16. The molecule has 0 radical (unpaired) electrons. The van der Waals surface area contributed by atoms with Crippen LogP contribution >= 0.6 is 0 Å². The molecule has 38 heavy (non-hydrogen) atoms. The monoisotopic (exact) mass is 561 g/mol. The zero-order chi connectivity index (χ0) is 29.1. The second kappa shape index (κ2) is 14.0. The van der Waals surface area contributed by atoms with Crippen molar-refractivity contribution in [3.63, 3.8) is 0 Å². The molecule has 4 N–H and O–H groups in total. The number of nitrogens with two attached hydrogens (primary N) is 2. The van der Waals surface area contributed by atoms with Crippen LogP contribution in [-0.2, 0) is 16.2 Å². The summed E-state index contributed by atoms with van der Waals surface area (Å²) in [4.78, 5) is 0. The van der Waals surface area contributed by atoms with Crippen molar-refractivity contribution in [2.45, 2.75) is 131 Å². The summed E-state index contributed by atoms with van der Waals surface area (Å²) in [5.41, 5.74) is 25.0. The molecule has 0 amide bonds. The Morgan fingerprint density at radius 3 is 0.921 bits per heavy atom. The molecule has 0 fully saturated rings. The van der Waals surface area contributed by atoms with E-state index in [9.17, 15) is 0 Å². The van der Waals surface area contributed by atoms with Crippen molar-refractivity contribution in [2.24, 2.45) is 11.5 Å². The molecule has 2 aromatic rings. The number of hydrogen-bond donors (Lipinski definition) is 2. The third-order valence-electron chi connectivity index (χ3n) is 7.89. The molecule has 0 spiro atoms. The van der Waals surface area contributed by atoms with Gasteiger partial charge in [-0.25, -0.2) is 0 Å². The Balaban J connectivity index is 2.43. The Morgan fingerprint density at radius 2 is 0.737 bits per heavy atom. The molecule has 2 unspecified atom stereocenters. The van der Waals surface area contributed by atoms with Gasteiger partial charge in [-0.05, 0) is 0 Å². The Kier molecular flexibility index (Phi) is 12.1. The first-order valence-corrected chi connectivity index (χ1v) is 15.4. The molecule has 3 nitrogen and oxygen atoms in total. The van der Waals surface area contributed by atoms with Crippen LogP contribution < -0.4 is 11.5 Å². The van der Waals surface area contributed by atoms with Crippen LogP contribution in [0.25, 0.3) is 0 Å². The predicted molar refractivity (Wildman–Crippen MR) is 163 cm³/mol. The zero-order valence-corrected chi connectivity index (χ0v) is 27.5. The van der Waals surface area contributed by atoms with Crippen molar-refractivity contribution < 1.29 is 16.2 Å². The van der Waals surface area contributed by atoms with Crippen LogP contribution in [0.15, 0.2) is 24.3 Å². The van der Waals surface area contributed by atoms with Gasteiger partial charge in [0, 0.05) is 0 Å². The van der Waals surface area contributed by atoms with Gasteiger partial charge in [-0.15, -0.1) is 0 Å². The fourth-order valence-electron chi connectivity index (χ4n) is 5.56. The maximum absolute atomic E-state index is 7.01. The van der Waals surface area contributed by atoms with E-state index in [4.69, 9.17) is 11.5 Å². The molecular formula is C34H56MnN3. The average Bonchev–Trinajstić information content (AvgIpc) is 2.81. The van der Waals surface area contributed by atoms with Crippen molar-refractivity contribution in [3.05, 3.63) is 68.8 Å². The third kappa shape index (κ3) is 7.95. The molecule has 0 aliphatic heterocycles. The van der Waals surface area contributed by atoms with E-state index in [1.54, 1.807) is 0 Å². The third-order valence-corrected chi connectivity index (χ3v) is 8.32. The summed E-state index contributed by atoms with van der Waals surface area (Å²) in [6.07, 6.45) is 0. The van der Waals surface area contributed by atoms with Crippen molar-refractivity contribution in [3.8, 4) is 0 Å². The number of rotatable bonds is 12. The van der Waals surface area contributed by atoms with Gasteiger partial charge < -0.3 is 0 Å². The van der Waals surface area contributed by atoms with E-state index >= 15 is 0 Å². The molecule has 0 saturated carbocycles. The van der Waals surface area contributed by atoms with Gasteiger partial charge in [0.15, 0.2) is 0 Å². The summed E-state index contributed by atoms with van der Waals surface area (Å²) >= 11 is 3.87. The normalized spacial score (nSPS) is 14.3. The Bertz CT molecular complexity index is 910. The van der Waals surface area contributed by atoms with E-state index < -0.39 is 0 Å². The van der Waals surface area contributed by atoms with Crippen LogP contribution in [0.3, 0.4) is 0 Å². The summed E-state index contributed by atoms with van der Waals surface area (Å²) in [5, 5.41) is 0. The summed E-state index contributed by atoms with van der Waals surface area (Å²) in [5.74, 6) is 2.65. The molecule has 2 aromatic carbocycles. The minimum atomic E-state index is -0.102. The number of hydrogen-bond acceptors (Lipinski definition) is 3. The Labute approximate surface area is 243 Å². The van der Waals surface area contributed by atoms with Crippen molar-refractivity contribution >= 4 is 0 Å². The van der Waals surface area contributed by atoms with E-state index in [0.717, 1.165) is 0 Å². The Morgan fingerprint density at radius 1 is 0.500 bits per heavy atom. The molecule has 0 bridgehead atoms. The van der Waals surface area contributed by atoms with Gasteiger partial charge in [0.25, 0.3) is 0 Å². The number of benzene rings is 2. The molecule has 2 atom stereocenters. The zero-order valence-electron chi connectivity index (χ0n) is 26.3. The fraction of sp³-hybridized carbons (Fsp3) is 0.647. The van der Waals surface area contributed by atoms with Crippen molar-refractivity contribution in [2.75, 3.05) is 13.1 Å². The molecule has 0 aromatic heterocycles. The van der Waals surface area contributed by atoms with Gasteiger partial charge in [-0.3, -0.25) is 0 Å². The average molecular weight is 562 g/mol. The quantitative estimate of drug-likeness (QED) is 0.254. The predicted octanol–water partition coefficient (Wildman–Crippen LogP) is 8.89. The van der Waals surface area contributed by atoms with Crippen LogP contribution in [0.4, 0.5) is 0 Å². The first-order chi connectivity index (χ1) is 17.6. The molecule has 214 valence electrons. The van der Waals surface area contributed by atoms with Gasteiger partial charge in [-0.2, -0.15) is 0 Å². The van der Waals surface area contributed by atoms with Gasteiger partial charge in [0.05, 0.1) is 0 Å². The van der Waals surface area contributed by atoms with Crippen molar-refractivity contribution in [1.82, 2.24) is 3.92 Å². The topological polar surface area (TPSA) is 55.3 Å². The first kappa shape index (κ1) is 33.0. The molecule has 0 saturated heterocycles. The maximum atomic E-state index is 7.01. The molecule has 0 aliphatic rings. The van der Waals surface area contributed by atoms with Gasteiger partial charge >= 0.3 is 244 Å². The van der Waals surface area contributed by atoms with Crippen LogP contribution in [0.2, 0.25) is 0 Å². The summed E-state index contributed by atoms with van der Waals surface area (Å²) < 4.78 is 2.16. The number of nitrogens with zero attached hydrogens (tertiary/aromatic N) is 1. The van der Waals surface area contributed by atoms with Crippen LogP contribution in [0, 0.1) is 0 Å². The SMILES string of the molecule is CC(C)c1cc(C(C)C)c(C(N)C[N]([Mn])CC(N)c2c(C(C)C)cc(C(C)C)cc2C(C)C)c(C(C)C)c1.